The Bertz CT molecular complexity index is 451. The van der Waals surface area contributed by atoms with Gasteiger partial charge in [-0.15, -0.1) is 0 Å². The number of carbonyl (C=O) groups excluding carboxylic acids is 4. The van der Waals surface area contributed by atoms with Gasteiger partial charge in [-0.3, -0.25) is 20.2 Å². The Hall–Kier alpha value is -1.42. The summed E-state index contributed by atoms with van der Waals surface area (Å²) < 4.78 is 0. The first kappa shape index (κ1) is 18.9. The molecule has 0 heterocycles. The maximum absolute atomic E-state index is 11.4. The Morgan fingerprint density at radius 3 is 1.42 bits per heavy atom. The molecule has 0 aromatic heterocycles. The second kappa shape index (κ2) is 9.77. The predicted octanol–water partition coefficient (Wildman–Crippen LogP) is 0.839. The lowest BCUT2D eigenvalue weighted by Gasteiger charge is -2.07. The standard InChI is InChI=1S/C14H22N4O4S2/c19-11(9-1-2-9)17-13(21)15-5-7-23-24-8-6-16-14(22)18-12(20)10-3-4-10/h9-10H,1-8H2,(H2,15,17,19,21)(H2,16,18,20,22). The zero-order chi connectivity index (χ0) is 17.4. The second-order valence-corrected chi connectivity index (χ2v) is 8.38. The molecule has 6 amide bonds. The van der Waals surface area contributed by atoms with Gasteiger partial charge in [0.05, 0.1) is 0 Å². The van der Waals surface area contributed by atoms with E-state index in [0.29, 0.717) is 24.6 Å². The molecule has 4 N–H and O–H groups in total. The molecule has 2 aliphatic carbocycles. The van der Waals surface area contributed by atoms with Crippen molar-refractivity contribution in [1.82, 2.24) is 21.3 Å². The monoisotopic (exact) mass is 374 g/mol. The number of hydrogen-bond acceptors (Lipinski definition) is 6. The smallest absolute Gasteiger partial charge is 0.321 e. The highest BCUT2D eigenvalue weighted by atomic mass is 33.1. The molecule has 2 fully saturated rings. The summed E-state index contributed by atoms with van der Waals surface area (Å²) in [5, 5.41) is 9.85. The molecule has 24 heavy (non-hydrogen) atoms. The molecule has 0 radical (unpaired) electrons. The summed E-state index contributed by atoms with van der Waals surface area (Å²) in [5.41, 5.74) is 0. The third kappa shape index (κ3) is 7.91. The van der Waals surface area contributed by atoms with Crippen LogP contribution in [-0.2, 0) is 9.59 Å². The Balaban J connectivity index is 1.35. The zero-order valence-corrected chi connectivity index (χ0v) is 14.9. The summed E-state index contributed by atoms with van der Waals surface area (Å²) in [6.07, 6.45) is 3.47. The van der Waals surface area contributed by atoms with Crippen LogP contribution in [0, 0.1) is 11.8 Å². The fraction of sp³-hybridized carbons (Fsp3) is 0.714. The molecule has 0 spiro atoms. The zero-order valence-electron chi connectivity index (χ0n) is 13.3. The van der Waals surface area contributed by atoms with E-state index in [4.69, 9.17) is 0 Å². The lowest BCUT2D eigenvalue weighted by atomic mass is 10.4. The number of carbonyl (C=O) groups is 4. The van der Waals surface area contributed by atoms with Gasteiger partial charge in [0.2, 0.25) is 11.8 Å². The maximum atomic E-state index is 11.4. The van der Waals surface area contributed by atoms with Gasteiger partial charge in [-0.05, 0) is 25.7 Å². The van der Waals surface area contributed by atoms with Gasteiger partial charge in [0.15, 0.2) is 0 Å². The van der Waals surface area contributed by atoms with Crippen LogP contribution in [0.25, 0.3) is 0 Å². The highest BCUT2D eigenvalue weighted by Gasteiger charge is 2.31. The fourth-order valence-electron chi connectivity index (χ4n) is 1.74. The van der Waals surface area contributed by atoms with Crippen molar-refractivity contribution < 1.29 is 19.2 Å². The van der Waals surface area contributed by atoms with Gasteiger partial charge in [0.1, 0.15) is 0 Å². The van der Waals surface area contributed by atoms with Crippen molar-refractivity contribution in [2.75, 3.05) is 24.6 Å². The molecular formula is C14H22N4O4S2. The van der Waals surface area contributed by atoms with Crippen molar-refractivity contribution in [3.8, 4) is 0 Å². The van der Waals surface area contributed by atoms with Crippen LogP contribution < -0.4 is 21.3 Å². The molecule has 2 rings (SSSR count). The largest absolute Gasteiger partial charge is 0.337 e. The van der Waals surface area contributed by atoms with E-state index in [-0.39, 0.29) is 23.7 Å². The molecule has 10 heteroatoms. The molecule has 0 aliphatic heterocycles. The molecule has 0 saturated heterocycles. The van der Waals surface area contributed by atoms with Crippen molar-refractivity contribution in [1.29, 1.82) is 0 Å². The molecule has 2 aliphatic rings. The lowest BCUT2D eigenvalue weighted by molar-refractivity contribution is -0.122. The number of urea groups is 2. The highest BCUT2D eigenvalue weighted by Crippen LogP contribution is 2.29. The first-order chi connectivity index (χ1) is 11.6. The summed E-state index contributed by atoms with van der Waals surface area (Å²) in [7, 11) is 3.13. The van der Waals surface area contributed by atoms with Crippen molar-refractivity contribution in [2.45, 2.75) is 25.7 Å². The third-order valence-electron chi connectivity index (χ3n) is 3.39. The van der Waals surface area contributed by atoms with Gasteiger partial charge in [0.25, 0.3) is 0 Å². The van der Waals surface area contributed by atoms with Crippen LogP contribution in [0.15, 0.2) is 0 Å². The van der Waals surface area contributed by atoms with Crippen LogP contribution >= 0.6 is 21.6 Å². The average molecular weight is 374 g/mol. The van der Waals surface area contributed by atoms with E-state index in [9.17, 15) is 19.2 Å². The summed E-state index contributed by atoms with van der Waals surface area (Å²) in [4.78, 5) is 45.5. The molecular weight excluding hydrogens is 352 g/mol. The lowest BCUT2D eigenvalue weighted by Crippen LogP contribution is -2.41. The molecule has 2 saturated carbocycles. The van der Waals surface area contributed by atoms with Crippen LogP contribution in [0.4, 0.5) is 9.59 Å². The predicted molar refractivity (Wildman–Crippen MR) is 93.4 cm³/mol. The minimum atomic E-state index is -0.448. The minimum Gasteiger partial charge on any atom is -0.337 e. The molecule has 134 valence electrons. The number of amides is 6. The second-order valence-electron chi connectivity index (χ2n) is 5.68. The van der Waals surface area contributed by atoms with E-state index < -0.39 is 12.1 Å². The van der Waals surface area contributed by atoms with Gasteiger partial charge in [-0.2, -0.15) is 0 Å². The summed E-state index contributed by atoms with van der Waals surface area (Å²) in [6.45, 7) is 0.927. The Morgan fingerprint density at radius 1 is 0.708 bits per heavy atom. The van der Waals surface area contributed by atoms with Crippen molar-refractivity contribution in [3.05, 3.63) is 0 Å². The van der Waals surface area contributed by atoms with E-state index in [1.165, 1.54) is 0 Å². The maximum Gasteiger partial charge on any atom is 0.321 e. The van der Waals surface area contributed by atoms with E-state index in [2.05, 4.69) is 21.3 Å². The molecule has 0 aromatic carbocycles. The van der Waals surface area contributed by atoms with Crippen molar-refractivity contribution >= 4 is 45.5 Å². The van der Waals surface area contributed by atoms with Gasteiger partial charge in [0, 0.05) is 36.4 Å². The van der Waals surface area contributed by atoms with Gasteiger partial charge in [-0.25, -0.2) is 9.59 Å². The summed E-state index contributed by atoms with van der Waals surface area (Å²) in [6, 6.07) is -0.896. The number of rotatable bonds is 9. The van der Waals surface area contributed by atoms with E-state index in [1.54, 1.807) is 21.6 Å². The SMILES string of the molecule is O=C(NCCSSCCNC(=O)NC(=O)C1CC1)NC(=O)C1CC1. The molecule has 8 nitrogen and oxygen atoms in total. The Kier molecular flexibility index (Phi) is 7.70. The molecule has 0 atom stereocenters. The van der Waals surface area contributed by atoms with Crippen LogP contribution in [-0.4, -0.2) is 48.5 Å². The number of imide groups is 2. The van der Waals surface area contributed by atoms with E-state index in [1.807, 2.05) is 0 Å². The highest BCUT2D eigenvalue weighted by molar-refractivity contribution is 8.76. The molecule has 0 aromatic rings. The quantitative estimate of drug-likeness (QED) is 0.351. The Labute approximate surface area is 148 Å². The Morgan fingerprint density at radius 2 is 1.08 bits per heavy atom. The first-order valence-electron chi connectivity index (χ1n) is 7.98. The van der Waals surface area contributed by atoms with E-state index in [0.717, 1.165) is 25.7 Å². The van der Waals surface area contributed by atoms with Crippen molar-refractivity contribution in [3.63, 3.8) is 0 Å². The number of nitrogens with one attached hydrogen (secondary N) is 4. The normalized spacial score (nSPS) is 16.2. The summed E-state index contributed by atoms with van der Waals surface area (Å²) in [5.74, 6) is 1.04. The first-order valence-corrected chi connectivity index (χ1v) is 10.5. The minimum absolute atomic E-state index is 0.0185. The summed E-state index contributed by atoms with van der Waals surface area (Å²) >= 11 is 0. The number of hydrogen-bond donors (Lipinski definition) is 4. The fourth-order valence-corrected chi connectivity index (χ4v) is 3.55. The van der Waals surface area contributed by atoms with Crippen LogP contribution in [0.5, 0.6) is 0 Å². The van der Waals surface area contributed by atoms with Gasteiger partial charge < -0.3 is 10.6 Å². The van der Waals surface area contributed by atoms with Crippen LogP contribution in [0.2, 0.25) is 0 Å². The topological polar surface area (TPSA) is 116 Å². The van der Waals surface area contributed by atoms with Crippen LogP contribution in [0.3, 0.4) is 0 Å². The third-order valence-corrected chi connectivity index (χ3v) is 5.80. The van der Waals surface area contributed by atoms with Crippen molar-refractivity contribution in [2.24, 2.45) is 11.8 Å². The molecule has 0 bridgehead atoms. The average Bonchev–Trinajstić information content (AvgIpc) is 3.41. The van der Waals surface area contributed by atoms with E-state index >= 15 is 0 Å². The van der Waals surface area contributed by atoms with Gasteiger partial charge in [-0.1, -0.05) is 21.6 Å². The van der Waals surface area contributed by atoms with Gasteiger partial charge >= 0.3 is 12.1 Å². The van der Waals surface area contributed by atoms with Crippen LogP contribution in [0.1, 0.15) is 25.7 Å². The molecule has 0 unspecified atom stereocenters.